The van der Waals surface area contributed by atoms with Crippen LogP contribution in [0, 0.1) is 0 Å². The Kier molecular flexibility index (Phi) is 4.72. The summed E-state index contributed by atoms with van der Waals surface area (Å²) in [4.78, 5) is 38.9. The SMILES string of the molecule is O=C1CCC2=C1[C@@H](O)OC1=C2[C@@]2(Cc3ccc(cc3)Oc3cc(ccc3O)CCOC2=O)OC1=O. The van der Waals surface area contributed by atoms with Crippen LogP contribution in [-0.4, -0.2) is 46.4 Å². The molecule has 0 radical (unpaired) electrons. The highest BCUT2D eigenvalue weighted by Gasteiger charge is 2.60. The number of fused-ring (bicyclic) bond motifs is 6. The van der Waals surface area contributed by atoms with E-state index in [1.165, 1.54) is 6.07 Å². The molecule has 4 bridgehead atoms. The van der Waals surface area contributed by atoms with E-state index in [1.54, 1.807) is 36.4 Å². The molecule has 2 atom stereocenters. The maximum atomic E-state index is 13.6. The molecule has 178 valence electrons. The number of hydrogen-bond donors (Lipinski definition) is 2. The molecule has 5 aliphatic rings. The number of Topliss-reactive ketones (excluding diaryl/α,β-unsaturated/α-hetero) is 1. The van der Waals surface area contributed by atoms with Crippen LogP contribution in [0.4, 0.5) is 0 Å². The van der Waals surface area contributed by atoms with Gasteiger partial charge in [0.2, 0.25) is 17.7 Å². The van der Waals surface area contributed by atoms with Crippen molar-refractivity contribution in [3.8, 4) is 17.2 Å². The summed E-state index contributed by atoms with van der Waals surface area (Å²) < 4.78 is 22.5. The van der Waals surface area contributed by atoms with Crippen molar-refractivity contribution in [2.45, 2.75) is 37.6 Å². The fourth-order valence-electron chi connectivity index (χ4n) is 5.03. The first-order valence-electron chi connectivity index (χ1n) is 11.2. The molecule has 4 aliphatic heterocycles. The van der Waals surface area contributed by atoms with E-state index >= 15 is 0 Å². The van der Waals surface area contributed by atoms with Gasteiger partial charge in [-0.25, -0.2) is 9.59 Å². The molecule has 7 rings (SSSR count). The van der Waals surface area contributed by atoms with Crippen LogP contribution in [0.1, 0.15) is 24.0 Å². The van der Waals surface area contributed by atoms with E-state index < -0.39 is 23.8 Å². The van der Waals surface area contributed by atoms with Gasteiger partial charge < -0.3 is 29.2 Å². The van der Waals surface area contributed by atoms with E-state index in [2.05, 4.69) is 0 Å². The summed E-state index contributed by atoms with van der Waals surface area (Å²) in [6.07, 6.45) is -0.954. The summed E-state index contributed by atoms with van der Waals surface area (Å²) in [5.41, 5.74) is 0.114. The predicted octanol–water partition coefficient (Wildman–Crippen LogP) is 2.38. The number of rotatable bonds is 0. The fourth-order valence-corrected chi connectivity index (χ4v) is 5.03. The molecule has 2 N–H and O–H groups in total. The lowest BCUT2D eigenvalue weighted by Crippen LogP contribution is -2.46. The number of aliphatic hydroxyl groups excluding tert-OH is 1. The van der Waals surface area contributed by atoms with Gasteiger partial charge in [-0.3, -0.25) is 4.79 Å². The molecule has 4 heterocycles. The number of phenolic OH excluding ortho intramolecular Hbond substituents is 1. The van der Waals surface area contributed by atoms with Gasteiger partial charge in [0.1, 0.15) is 5.75 Å². The molecule has 1 spiro atoms. The van der Waals surface area contributed by atoms with Crippen LogP contribution in [0.5, 0.6) is 17.2 Å². The minimum absolute atomic E-state index is 0.0205. The minimum Gasteiger partial charge on any atom is -0.504 e. The Labute approximate surface area is 199 Å². The van der Waals surface area contributed by atoms with Crippen LogP contribution in [0.3, 0.4) is 0 Å². The Morgan fingerprint density at radius 1 is 0.943 bits per heavy atom. The van der Waals surface area contributed by atoms with E-state index in [0.29, 0.717) is 23.3 Å². The standard InChI is InChI=1S/C26H20O9/c27-17-7-3-13-9-10-32-25(31)26(12-14-1-4-15(5-2-14)33-19(17)11-13)21-16-6-8-18(28)20(16)23(29)34-22(21)24(30)35-26/h1-5,7,11,23,27,29H,6,8-10,12H2/t23-,26+/m0/s1. The zero-order chi connectivity index (χ0) is 24.3. The zero-order valence-corrected chi connectivity index (χ0v) is 18.4. The van der Waals surface area contributed by atoms with Crippen molar-refractivity contribution in [1.82, 2.24) is 0 Å². The molecule has 35 heavy (non-hydrogen) atoms. The van der Waals surface area contributed by atoms with E-state index in [4.69, 9.17) is 18.9 Å². The van der Waals surface area contributed by atoms with Crippen molar-refractivity contribution in [2.24, 2.45) is 0 Å². The lowest BCUT2D eigenvalue weighted by atomic mass is 9.81. The molecule has 2 aromatic rings. The van der Waals surface area contributed by atoms with Crippen LogP contribution in [-0.2, 0) is 41.4 Å². The molecule has 0 aromatic heterocycles. The minimum atomic E-state index is -1.87. The average Bonchev–Trinajstić information content (AvgIpc) is 3.35. The third kappa shape index (κ3) is 3.30. The van der Waals surface area contributed by atoms with Gasteiger partial charge in [0.05, 0.1) is 17.8 Å². The second-order valence-electron chi connectivity index (χ2n) is 8.82. The fraction of sp³-hybridized carbons (Fsp3) is 0.269. The van der Waals surface area contributed by atoms with Crippen LogP contribution in [0.2, 0.25) is 0 Å². The molecule has 0 unspecified atom stereocenters. The van der Waals surface area contributed by atoms with Gasteiger partial charge >= 0.3 is 11.9 Å². The maximum Gasteiger partial charge on any atom is 0.375 e. The van der Waals surface area contributed by atoms with Crippen LogP contribution >= 0.6 is 0 Å². The second-order valence-corrected chi connectivity index (χ2v) is 8.82. The Morgan fingerprint density at radius 2 is 1.71 bits per heavy atom. The molecule has 0 saturated carbocycles. The van der Waals surface area contributed by atoms with Crippen molar-refractivity contribution in [3.63, 3.8) is 0 Å². The first kappa shape index (κ1) is 21.4. The number of ether oxygens (including phenoxy) is 4. The number of aliphatic hydroxyl groups is 1. The van der Waals surface area contributed by atoms with E-state index in [-0.39, 0.29) is 60.1 Å². The Hall–Kier alpha value is -4.11. The molecular weight excluding hydrogens is 456 g/mol. The molecular formula is C26H20O9. The lowest BCUT2D eigenvalue weighted by Gasteiger charge is -2.31. The molecule has 2 aromatic carbocycles. The highest BCUT2D eigenvalue weighted by molar-refractivity contribution is 6.06. The zero-order valence-electron chi connectivity index (χ0n) is 18.4. The van der Waals surface area contributed by atoms with Crippen molar-refractivity contribution in [2.75, 3.05) is 6.61 Å². The summed E-state index contributed by atoms with van der Waals surface area (Å²) in [7, 11) is 0. The number of ketones is 1. The summed E-state index contributed by atoms with van der Waals surface area (Å²) in [5.74, 6) is -1.54. The first-order valence-corrected chi connectivity index (χ1v) is 11.2. The topological polar surface area (TPSA) is 129 Å². The Bertz CT molecular complexity index is 1350. The van der Waals surface area contributed by atoms with E-state index in [9.17, 15) is 24.6 Å². The number of benzene rings is 2. The third-order valence-corrected chi connectivity index (χ3v) is 6.67. The van der Waals surface area contributed by atoms with Gasteiger partial charge in [-0.1, -0.05) is 18.2 Å². The maximum absolute atomic E-state index is 13.6. The van der Waals surface area contributed by atoms with Crippen LogP contribution in [0.15, 0.2) is 64.9 Å². The van der Waals surface area contributed by atoms with Gasteiger partial charge in [-0.15, -0.1) is 0 Å². The average molecular weight is 476 g/mol. The number of carbonyl (C=O) groups excluding carboxylic acids is 3. The van der Waals surface area contributed by atoms with Crippen molar-refractivity contribution in [3.05, 3.63) is 76.1 Å². The monoisotopic (exact) mass is 476 g/mol. The van der Waals surface area contributed by atoms with Gasteiger partial charge in [-0.2, -0.15) is 0 Å². The number of esters is 2. The highest BCUT2D eigenvalue weighted by Crippen LogP contribution is 2.49. The van der Waals surface area contributed by atoms with Gasteiger partial charge in [0.15, 0.2) is 17.3 Å². The predicted molar refractivity (Wildman–Crippen MR) is 117 cm³/mol. The smallest absolute Gasteiger partial charge is 0.375 e. The molecule has 9 nitrogen and oxygen atoms in total. The van der Waals surface area contributed by atoms with Crippen LogP contribution in [0.25, 0.3) is 0 Å². The second kappa shape index (κ2) is 7.71. The van der Waals surface area contributed by atoms with E-state index in [1.807, 2.05) is 0 Å². The molecule has 0 fully saturated rings. The van der Waals surface area contributed by atoms with Gasteiger partial charge in [0, 0.05) is 19.3 Å². The number of phenols is 1. The molecule has 0 saturated heterocycles. The first-order chi connectivity index (χ1) is 16.9. The Balaban J connectivity index is 1.47. The van der Waals surface area contributed by atoms with E-state index in [0.717, 1.165) is 5.56 Å². The summed E-state index contributed by atoms with van der Waals surface area (Å²) in [6.45, 7) is -0.0309. The molecule has 1 aliphatic carbocycles. The van der Waals surface area contributed by atoms with Gasteiger partial charge in [0.25, 0.3) is 0 Å². The largest absolute Gasteiger partial charge is 0.504 e. The summed E-state index contributed by atoms with van der Waals surface area (Å²) in [5, 5.41) is 20.5. The highest BCUT2D eigenvalue weighted by atomic mass is 16.7. The third-order valence-electron chi connectivity index (χ3n) is 6.67. The normalized spacial score (nSPS) is 25.5. The lowest BCUT2D eigenvalue weighted by molar-refractivity contribution is -0.173. The molecule has 0 amide bonds. The quantitative estimate of drug-likeness (QED) is 0.551. The number of carbonyl (C=O) groups is 3. The van der Waals surface area contributed by atoms with Crippen molar-refractivity contribution in [1.29, 1.82) is 0 Å². The Morgan fingerprint density at radius 3 is 2.51 bits per heavy atom. The van der Waals surface area contributed by atoms with Crippen LogP contribution < -0.4 is 4.74 Å². The number of hydrogen-bond acceptors (Lipinski definition) is 9. The number of aromatic hydroxyl groups is 1. The van der Waals surface area contributed by atoms with Crippen molar-refractivity contribution >= 4 is 17.7 Å². The molecule has 9 heteroatoms. The summed E-state index contributed by atoms with van der Waals surface area (Å²) >= 11 is 0. The van der Waals surface area contributed by atoms with Gasteiger partial charge in [-0.05, 0) is 47.4 Å². The summed E-state index contributed by atoms with van der Waals surface area (Å²) in [6, 6.07) is 11.6. The van der Waals surface area contributed by atoms with Crippen molar-refractivity contribution < 1.29 is 43.5 Å².